The van der Waals surface area contributed by atoms with Crippen molar-refractivity contribution < 1.29 is 19.7 Å². The van der Waals surface area contributed by atoms with Gasteiger partial charge in [-0.05, 0) is 18.9 Å². The Hall–Kier alpha value is -2.27. The van der Waals surface area contributed by atoms with Gasteiger partial charge in [-0.25, -0.2) is 9.78 Å². The molecule has 1 aliphatic heterocycles. The highest BCUT2D eigenvalue weighted by Gasteiger charge is 2.45. The number of hydrogen-bond donors (Lipinski definition) is 3. The van der Waals surface area contributed by atoms with Crippen molar-refractivity contribution in [1.29, 1.82) is 0 Å². The minimum absolute atomic E-state index is 0.0977. The molecule has 4 atom stereocenters. The molecule has 4 N–H and O–H groups in total. The van der Waals surface area contributed by atoms with Crippen molar-refractivity contribution in [1.82, 2.24) is 19.1 Å². The number of anilines is 1. The van der Waals surface area contributed by atoms with Crippen LogP contribution in [0, 0.1) is 0 Å². The van der Waals surface area contributed by atoms with Gasteiger partial charge in [-0.15, -0.1) is 0 Å². The molecule has 0 saturated carbocycles. The number of nitrogens with zero attached hydrogens (tertiary/aromatic N) is 4. The zero-order valence-electron chi connectivity index (χ0n) is 14.2. The van der Waals surface area contributed by atoms with Crippen LogP contribution in [0.25, 0.3) is 0 Å². The van der Waals surface area contributed by atoms with E-state index < -0.39 is 30.2 Å². The van der Waals surface area contributed by atoms with Crippen molar-refractivity contribution in [2.75, 3.05) is 18.9 Å². The predicted octanol–water partition coefficient (Wildman–Crippen LogP) is -0.862. The van der Waals surface area contributed by atoms with Gasteiger partial charge in [0.25, 0.3) is 0 Å². The SMILES string of the molecule is Nc1ccn([C@@H]2O[C@H](CO)[C@@H](O)[C@H]2OCCCCn2ccnc2)c(=O)n1. The molecule has 3 rings (SSSR count). The summed E-state index contributed by atoms with van der Waals surface area (Å²) in [5, 5.41) is 19.7. The Morgan fingerprint density at radius 3 is 2.88 bits per heavy atom. The summed E-state index contributed by atoms with van der Waals surface area (Å²) in [5.41, 5.74) is 4.90. The number of aryl methyl sites for hydroxylation is 1. The van der Waals surface area contributed by atoms with Crippen LogP contribution in [0.2, 0.25) is 0 Å². The number of nitrogens with two attached hydrogens (primary N) is 1. The lowest BCUT2D eigenvalue weighted by atomic mass is 10.1. The Kier molecular flexibility index (Phi) is 5.99. The van der Waals surface area contributed by atoms with Crippen molar-refractivity contribution in [2.24, 2.45) is 0 Å². The minimum atomic E-state index is -1.05. The highest BCUT2D eigenvalue weighted by molar-refractivity contribution is 5.23. The van der Waals surface area contributed by atoms with E-state index in [0.29, 0.717) is 6.61 Å². The molecule has 0 bridgehead atoms. The van der Waals surface area contributed by atoms with Crippen LogP contribution in [0.4, 0.5) is 5.82 Å². The zero-order chi connectivity index (χ0) is 18.5. The van der Waals surface area contributed by atoms with E-state index in [9.17, 15) is 15.0 Å². The first-order chi connectivity index (χ1) is 12.6. The summed E-state index contributed by atoms with van der Waals surface area (Å²) in [6, 6.07) is 1.46. The molecule has 10 heteroatoms. The molecular formula is C16H23N5O5. The van der Waals surface area contributed by atoms with Gasteiger partial charge >= 0.3 is 5.69 Å². The van der Waals surface area contributed by atoms with Crippen molar-refractivity contribution >= 4 is 5.82 Å². The first kappa shape index (κ1) is 18.5. The maximum atomic E-state index is 12.1. The average Bonchev–Trinajstić information content (AvgIpc) is 3.23. The minimum Gasteiger partial charge on any atom is -0.394 e. The quantitative estimate of drug-likeness (QED) is 0.514. The Morgan fingerprint density at radius 1 is 1.35 bits per heavy atom. The van der Waals surface area contributed by atoms with Crippen LogP contribution in [0.5, 0.6) is 0 Å². The molecule has 142 valence electrons. The standard InChI is InChI=1S/C16H23N5O5/c17-12-3-6-21(16(24)19-12)15-14(13(23)11(9-22)26-15)25-8-2-1-5-20-7-4-18-10-20/h3-4,6-7,10-11,13-15,22-23H,1-2,5,8-9H2,(H2,17,19,24)/t11-,13-,14-,15-/m1/s1. The fourth-order valence-corrected chi connectivity index (χ4v) is 2.93. The second kappa shape index (κ2) is 8.41. The van der Waals surface area contributed by atoms with Gasteiger partial charge in [0.15, 0.2) is 6.23 Å². The fraction of sp³-hybridized carbons (Fsp3) is 0.562. The number of aliphatic hydroxyl groups is 2. The lowest BCUT2D eigenvalue weighted by molar-refractivity contribution is -0.0749. The van der Waals surface area contributed by atoms with Gasteiger partial charge < -0.3 is 30.0 Å². The molecule has 0 aromatic carbocycles. The van der Waals surface area contributed by atoms with Gasteiger partial charge in [0, 0.05) is 31.7 Å². The van der Waals surface area contributed by atoms with Crippen LogP contribution in [0.3, 0.4) is 0 Å². The smallest absolute Gasteiger partial charge is 0.351 e. The number of hydrogen-bond acceptors (Lipinski definition) is 8. The van der Waals surface area contributed by atoms with E-state index in [1.807, 2.05) is 10.8 Å². The molecule has 1 aliphatic rings. The summed E-state index contributed by atoms with van der Waals surface area (Å²) in [6.45, 7) is 0.817. The highest BCUT2D eigenvalue weighted by Crippen LogP contribution is 2.31. The van der Waals surface area contributed by atoms with Gasteiger partial charge in [0.1, 0.15) is 24.1 Å². The first-order valence-corrected chi connectivity index (χ1v) is 8.46. The van der Waals surface area contributed by atoms with Crippen LogP contribution in [-0.4, -0.2) is 60.8 Å². The number of rotatable bonds is 8. The molecule has 2 aromatic rings. The molecule has 0 unspecified atom stereocenters. The summed E-state index contributed by atoms with van der Waals surface area (Å²) in [4.78, 5) is 19.7. The Balaban J connectivity index is 1.61. The third-order valence-corrected chi connectivity index (χ3v) is 4.30. The number of imidazole rings is 1. The van der Waals surface area contributed by atoms with Crippen molar-refractivity contribution in [3.8, 4) is 0 Å². The molecule has 0 aliphatic carbocycles. The van der Waals surface area contributed by atoms with Crippen LogP contribution in [-0.2, 0) is 16.0 Å². The first-order valence-electron chi connectivity index (χ1n) is 8.46. The molecule has 1 fully saturated rings. The maximum absolute atomic E-state index is 12.1. The fourth-order valence-electron chi connectivity index (χ4n) is 2.93. The number of nitrogen functional groups attached to an aromatic ring is 1. The lowest BCUT2D eigenvalue weighted by Gasteiger charge is -2.22. The van der Waals surface area contributed by atoms with Gasteiger partial charge in [-0.2, -0.15) is 4.98 Å². The van der Waals surface area contributed by atoms with E-state index in [0.717, 1.165) is 19.4 Å². The largest absolute Gasteiger partial charge is 0.394 e. The Bertz CT molecular complexity index is 750. The van der Waals surface area contributed by atoms with Gasteiger partial charge in [-0.1, -0.05) is 0 Å². The summed E-state index contributed by atoms with van der Waals surface area (Å²) in [6.07, 6.45) is 4.88. The molecular weight excluding hydrogens is 342 g/mol. The van der Waals surface area contributed by atoms with Crippen LogP contribution < -0.4 is 11.4 Å². The number of unbranched alkanes of at least 4 members (excludes halogenated alkanes) is 1. The lowest BCUT2D eigenvalue weighted by Crippen LogP contribution is -2.38. The third-order valence-electron chi connectivity index (χ3n) is 4.30. The Morgan fingerprint density at radius 2 is 2.19 bits per heavy atom. The van der Waals surface area contributed by atoms with E-state index in [2.05, 4.69) is 9.97 Å². The topological polar surface area (TPSA) is 138 Å². The molecule has 0 radical (unpaired) electrons. The molecule has 2 aromatic heterocycles. The molecule has 26 heavy (non-hydrogen) atoms. The number of ether oxygens (including phenoxy) is 2. The van der Waals surface area contributed by atoms with Crippen molar-refractivity contribution in [3.05, 3.63) is 41.5 Å². The predicted molar refractivity (Wildman–Crippen MR) is 91.1 cm³/mol. The second-order valence-corrected chi connectivity index (χ2v) is 6.12. The van der Waals surface area contributed by atoms with E-state index >= 15 is 0 Å². The van der Waals surface area contributed by atoms with Gasteiger partial charge in [-0.3, -0.25) is 4.57 Å². The maximum Gasteiger partial charge on any atom is 0.351 e. The highest BCUT2D eigenvalue weighted by atomic mass is 16.6. The molecule has 3 heterocycles. The van der Waals surface area contributed by atoms with E-state index in [4.69, 9.17) is 15.2 Å². The van der Waals surface area contributed by atoms with Crippen molar-refractivity contribution in [2.45, 2.75) is 43.9 Å². The average molecular weight is 365 g/mol. The third kappa shape index (κ3) is 4.10. The molecule has 1 saturated heterocycles. The van der Waals surface area contributed by atoms with E-state index in [1.165, 1.54) is 16.8 Å². The monoisotopic (exact) mass is 365 g/mol. The summed E-state index contributed by atoms with van der Waals surface area (Å²) in [7, 11) is 0. The van der Waals surface area contributed by atoms with E-state index in [1.54, 1.807) is 12.5 Å². The summed E-state index contributed by atoms with van der Waals surface area (Å²) in [5.74, 6) is 0.0977. The van der Waals surface area contributed by atoms with Gasteiger partial charge in [0.05, 0.1) is 12.9 Å². The van der Waals surface area contributed by atoms with Crippen molar-refractivity contribution in [3.63, 3.8) is 0 Å². The summed E-state index contributed by atoms with van der Waals surface area (Å²) >= 11 is 0. The van der Waals surface area contributed by atoms with Crippen LogP contribution in [0.15, 0.2) is 35.8 Å². The summed E-state index contributed by atoms with van der Waals surface area (Å²) < 4.78 is 14.6. The van der Waals surface area contributed by atoms with Crippen LogP contribution >= 0.6 is 0 Å². The normalized spacial score (nSPS) is 25.6. The number of aliphatic hydroxyl groups excluding tert-OH is 2. The number of aromatic nitrogens is 4. The van der Waals surface area contributed by atoms with Gasteiger partial charge in [0.2, 0.25) is 0 Å². The zero-order valence-corrected chi connectivity index (χ0v) is 14.2. The van der Waals surface area contributed by atoms with Crippen LogP contribution in [0.1, 0.15) is 19.1 Å². The Labute approximate surface area is 149 Å². The molecule has 10 nitrogen and oxygen atoms in total. The second-order valence-electron chi connectivity index (χ2n) is 6.12. The molecule has 0 spiro atoms. The van der Waals surface area contributed by atoms with E-state index in [-0.39, 0.29) is 12.4 Å². The molecule has 0 amide bonds.